The minimum Gasteiger partial charge on any atom is -0.478 e. The van der Waals surface area contributed by atoms with E-state index in [4.69, 9.17) is 14.2 Å². The normalized spacial score (nSPS) is 11.5. The van der Waals surface area contributed by atoms with Gasteiger partial charge < -0.3 is 24.1 Å². The third kappa shape index (κ3) is 12.0. The van der Waals surface area contributed by atoms with Crippen LogP contribution >= 0.6 is 0 Å². The van der Waals surface area contributed by atoms with E-state index in [1.165, 1.54) is 6.07 Å². The molecule has 0 saturated heterocycles. The summed E-state index contributed by atoms with van der Waals surface area (Å²) in [5.74, 6) is -1.10. The van der Waals surface area contributed by atoms with Crippen molar-refractivity contribution in [2.45, 2.75) is 79.1 Å². The summed E-state index contributed by atoms with van der Waals surface area (Å²) in [6.45, 7) is 15.2. The third-order valence-electron chi connectivity index (χ3n) is 3.70. The molecule has 198 valence electrons. The molecule has 2 N–H and O–H groups in total. The Hall–Kier alpha value is -3.82. The minimum absolute atomic E-state index is 0.0274. The molecule has 0 aromatic heterocycles. The molecule has 0 radical (unpaired) electrons. The first-order valence-corrected chi connectivity index (χ1v) is 11.2. The fraction of sp³-hybridized carbons (Fsp3) is 0.462. The van der Waals surface area contributed by atoms with Crippen LogP contribution in [0.25, 0.3) is 10.8 Å². The monoisotopic (exact) mass is 505 g/mol. The van der Waals surface area contributed by atoms with Gasteiger partial charge in [0.1, 0.15) is 16.8 Å². The van der Waals surface area contributed by atoms with Gasteiger partial charge >= 0.3 is 24.4 Å². The number of carboxylic acid groups (broad SMARTS) is 1. The van der Waals surface area contributed by atoms with Crippen molar-refractivity contribution in [1.29, 1.82) is 0 Å². The molecule has 0 aliphatic heterocycles. The van der Waals surface area contributed by atoms with E-state index in [0.717, 1.165) is 10.8 Å². The molecular formula is C26H35NO9. The average Bonchev–Trinajstić information content (AvgIpc) is 2.62. The summed E-state index contributed by atoms with van der Waals surface area (Å²) in [4.78, 5) is 45.2. The second-order valence-electron chi connectivity index (χ2n) is 10.7. The zero-order valence-electron chi connectivity index (χ0n) is 22.2. The first kappa shape index (κ1) is 30.2. The highest BCUT2D eigenvalue weighted by molar-refractivity contribution is 6.04. The predicted molar refractivity (Wildman–Crippen MR) is 134 cm³/mol. The topological polar surface area (TPSA) is 137 Å². The van der Waals surface area contributed by atoms with E-state index in [1.807, 2.05) is 24.3 Å². The quantitative estimate of drug-likeness (QED) is 0.257. The van der Waals surface area contributed by atoms with Crippen molar-refractivity contribution in [1.82, 2.24) is 0 Å². The summed E-state index contributed by atoms with van der Waals surface area (Å²) in [6.07, 6.45) is -2.80. The number of rotatable bonds is 2. The fourth-order valence-corrected chi connectivity index (χ4v) is 2.54. The zero-order valence-corrected chi connectivity index (χ0v) is 22.2. The molecule has 0 spiro atoms. The van der Waals surface area contributed by atoms with Crippen LogP contribution in [0.2, 0.25) is 0 Å². The smallest absolute Gasteiger partial charge is 0.478 e. The molecule has 2 aromatic rings. The lowest BCUT2D eigenvalue weighted by Crippen LogP contribution is -2.29. The maximum Gasteiger partial charge on any atom is 0.519 e. The molecule has 2 rings (SSSR count). The average molecular weight is 506 g/mol. The Kier molecular flexibility index (Phi) is 9.85. The van der Waals surface area contributed by atoms with E-state index in [0.29, 0.717) is 0 Å². The third-order valence-corrected chi connectivity index (χ3v) is 3.70. The Balaban J connectivity index is 0.000000384. The van der Waals surface area contributed by atoms with Crippen molar-refractivity contribution < 1.29 is 43.2 Å². The largest absolute Gasteiger partial charge is 0.519 e. The Labute approximate surface area is 210 Å². The van der Waals surface area contributed by atoms with Crippen molar-refractivity contribution in [2.75, 3.05) is 5.32 Å². The van der Waals surface area contributed by atoms with E-state index in [9.17, 15) is 24.3 Å². The van der Waals surface area contributed by atoms with Crippen LogP contribution in [0.4, 0.5) is 20.1 Å². The lowest BCUT2D eigenvalue weighted by Gasteiger charge is -2.20. The van der Waals surface area contributed by atoms with Crippen LogP contribution in [0.15, 0.2) is 36.4 Å². The van der Waals surface area contributed by atoms with E-state index < -0.39 is 41.2 Å². The first-order valence-electron chi connectivity index (χ1n) is 11.2. The molecule has 0 heterocycles. The highest BCUT2D eigenvalue weighted by Crippen LogP contribution is 2.25. The molecule has 0 fully saturated rings. The number of hydrogen-bond donors (Lipinski definition) is 2. The van der Waals surface area contributed by atoms with Crippen LogP contribution in [0.3, 0.4) is 0 Å². The maximum absolute atomic E-state index is 11.8. The van der Waals surface area contributed by atoms with Crippen molar-refractivity contribution in [3.05, 3.63) is 42.0 Å². The van der Waals surface area contributed by atoms with Crippen molar-refractivity contribution >= 4 is 40.8 Å². The summed E-state index contributed by atoms with van der Waals surface area (Å²) in [6, 6.07) is 10.5. The number of carbonyl (C=O) groups excluding carboxylic acids is 3. The Morgan fingerprint density at radius 1 is 0.694 bits per heavy atom. The lowest BCUT2D eigenvalue weighted by atomic mass is 10.0. The molecule has 0 saturated carbocycles. The molecule has 0 aliphatic carbocycles. The van der Waals surface area contributed by atoms with Crippen LogP contribution in [-0.2, 0) is 18.9 Å². The number of carbonyl (C=O) groups is 4. The molecule has 2 aromatic carbocycles. The molecular weight excluding hydrogens is 470 g/mol. The molecule has 0 atom stereocenters. The van der Waals surface area contributed by atoms with E-state index in [2.05, 4.69) is 10.1 Å². The standard InChI is InChI=1S/C16H17NO4.C10H18O5/c1-16(2,3)21-15(20)17-13-9-11-7-5-4-6-10(11)8-12(13)14(18)19;1-9(2,3)14-7(11)13-8(12)15-10(4,5)6/h4-9H,1-3H3,(H,17,20)(H,18,19);1-6H3. The van der Waals surface area contributed by atoms with E-state index in [-0.39, 0.29) is 11.3 Å². The second kappa shape index (κ2) is 11.7. The molecule has 10 nitrogen and oxygen atoms in total. The number of benzene rings is 2. The van der Waals surface area contributed by atoms with Crippen LogP contribution in [0.1, 0.15) is 72.7 Å². The Bertz CT molecular complexity index is 1080. The van der Waals surface area contributed by atoms with Crippen LogP contribution in [-0.4, -0.2) is 46.3 Å². The summed E-state index contributed by atoms with van der Waals surface area (Å²) in [5, 5.41) is 13.4. The van der Waals surface area contributed by atoms with Gasteiger partial charge in [0.25, 0.3) is 0 Å². The van der Waals surface area contributed by atoms with Crippen molar-refractivity contribution in [3.63, 3.8) is 0 Å². The molecule has 0 bridgehead atoms. The van der Waals surface area contributed by atoms with Gasteiger partial charge in [0.15, 0.2) is 0 Å². The summed E-state index contributed by atoms with van der Waals surface area (Å²) < 4.78 is 18.9. The number of carboxylic acids is 1. The van der Waals surface area contributed by atoms with Crippen LogP contribution < -0.4 is 5.32 Å². The Morgan fingerprint density at radius 3 is 1.50 bits per heavy atom. The summed E-state index contributed by atoms with van der Waals surface area (Å²) in [7, 11) is 0. The SMILES string of the molecule is CC(C)(C)OC(=O)Nc1cc2ccccc2cc1C(=O)O.CC(C)(C)OC(=O)OC(=O)OC(C)(C)C. The zero-order chi connectivity index (χ0) is 27.9. The molecule has 36 heavy (non-hydrogen) atoms. The summed E-state index contributed by atoms with van der Waals surface area (Å²) in [5.41, 5.74) is -1.79. The van der Waals surface area contributed by atoms with Gasteiger partial charge in [-0.05, 0) is 85.2 Å². The minimum atomic E-state index is -1.10. The molecule has 0 aliphatic rings. The van der Waals surface area contributed by atoms with Gasteiger partial charge in [0.2, 0.25) is 0 Å². The van der Waals surface area contributed by atoms with Crippen LogP contribution in [0, 0.1) is 0 Å². The number of hydrogen-bond acceptors (Lipinski definition) is 8. The van der Waals surface area contributed by atoms with Gasteiger partial charge in [-0.2, -0.15) is 0 Å². The second-order valence-corrected chi connectivity index (χ2v) is 10.7. The molecule has 0 unspecified atom stereocenters. The number of fused-ring (bicyclic) bond motifs is 1. The van der Waals surface area contributed by atoms with Gasteiger partial charge in [-0.1, -0.05) is 24.3 Å². The first-order chi connectivity index (χ1) is 16.3. The number of nitrogens with one attached hydrogen (secondary N) is 1. The van der Waals surface area contributed by atoms with Gasteiger partial charge in [0, 0.05) is 0 Å². The molecule has 1 amide bonds. The van der Waals surface area contributed by atoms with E-state index in [1.54, 1.807) is 68.4 Å². The maximum atomic E-state index is 11.8. The fourth-order valence-electron chi connectivity index (χ4n) is 2.54. The van der Waals surface area contributed by atoms with Crippen LogP contribution in [0.5, 0.6) is 0 Å². The highest BCUT2D eigenvalue weighted by Gasteiger charge is 2.24. The number of ether oxygens (including phenoxy) is 4. The van der Waals surface area contributed by atoms with E-state index >= 15 is 0 Å². The van der Waals surface area contributed by atoms with Gasteiger partial charge in [0.05, 0.1) is 11.3 Å². The van der Waals surface area contributed by atoms with Gasteiger partial charge in [-0.3, -0.25) is 5.32 Å². The number of amides is 1. The Morgan fingerprint density at radius 2 is 1.11 bits per heavy atom. The lowest BCUT2D eigenvalue weighted by molar-refractivity contribution is -0.0294. The number of aromatic carboxylic acids is 1. The highest BCUT2D eigenvalue weighted by atomic mass is 16.8. The van der Waals surface area contributed by atoms with Gasteiger partial charge in [-0.25, -0.2) is 19.2 Å². The van der Waals surface area contributed by atoms with Gasteiger partial charge in [-0.15, -0.1) is 0 Å². The molecule has 10 heteroatoms. The van der Waals surface area contributed by atoms with Crippen molar-refractivity contribution in [3.8, 4) is 0 Å². The predicted octanol–water partition coefficient (Wildman–Crippen LogP) is 6.76. The summed E-state index contributed by atoms with van der Waals surface area (Å²) >= 11 is 0. The van der Waals surface area contributed by atoms with Crippen molar-refractivity contribution in [2.24, 2.45) is 0 Å². The number of anilines is 1.